The van der Waals surface area contributed by atoms with E-state index >= 15 is 0 Å². The molecule has 2 atom stereocenters. The van der Waals surface area contributed by atoms with Gasteiger partial charge < -0.3 is 9.88 Å². The van der Waals surface area contributed by atoms with Crippen LogP contribution in [-0.4, -0.2) is 17.7 Å². The fourth-order valence-corrected chi connectivity index (χ4v) is 3.06. The number of halogens is 1. The first-order valence-electron chi connectivity index (χ1n) is 5.58. The molecule has 1 saturated heterocycles. The summed E-state index contributed by atoms with van der Waals surface area (Å²) in [5.74, 6) is 0.520. The average Bonchev–Trinajstić information content (AvgIpc) is 2.20. The Morgan fingerprint density at radius 2 is 2.31 bits per heavy atom. The molecule has 0 spiro atoms. The molecular weight excluding hydrogens is 224 g/mol. The number of nitrogens with one attached hydrogen (secondary N) is 1. The van der Waals surface area contributed by atoms with Crippen molar-refractivity contribution < 1.29 is 0 Å². The van der Waals surface area contributed by atoms with E-state index in [9.17, 15) is 4.79 Å². The van der Waals surface area contributed by atoms with Gasteiger partial charge in [-0.1, -0.05) is 13.0 Å². The Morgan fingerprint density at radius 3 is 3.12 bits per heavy atom. The Hall–Kier alpha value is -0.800. The van der Waals surface area contributed by atoms with E-state index in [-0.39, 0.29) is 23.4 Å². The molecule has 0 unspecified atom stereocenters. The molecule has 16 heavy (non-hydrogen) atoms. The number of aromatic nitrogens is 1. The van der Waals surface area contributed by atoms with Crippen LogP contribution in [0.15, 0.2) is 23.0 Å². The summed E-state index contributed by atoms with van der Waals surface area (Å²) in [6, 6.07) is 5.64. The van der Waals surface area contributed by atoms with Gasteiger partial charge in [0.1, 0.15) is 0 Å². The van der Waals surface area contributed by atoms with E-state index in [0.29, 0.717) is 5.92 Å². The lowest BCUT2D eigenvalue weighted by Gasteiger charge is -2.44. The van der Waals surface area contributed by atoms with E-state index in [2.05, 4.69) is 18.3 Å². The zero-order valence-electron chi connectivity index (χ0n) is 9.40. The molecule has 3 nitrogen and oxygen atoms in total. The fourth-order valence-electron chi connectivity index (χ4n) is 3.06. The van der Waals surface area contributed by atoms with Crippen molar-refractivity contribution in [3.05, 3.63) is 34.2 Å². The molecule has 1 N–H and O–H groups in total. The standard InChI is InChI=1S/C12H16N2O.ClH/c1-12-5-9(6-13-7-12)10-3-2-4-11(15)14(10)8-12;/h2-4,9,13H,5-8H2,1H3;1H/t9-,12+;/m1./s1. The first kappa shape index (κ1) is 11.7. The van der Waals surface area contributed by atoms with Crippen molar-refractivity contribution in [1.82, 2.24) is 9.88 Å². The largest absolute Gasteiger partial charge is 0.315 e. The van der Waals surface area contributed by atoms with Crippen molar-refractivity contribution in [3.63, 3.8) is 0 Å². The maximum Gasteiger partial charge on any atom is 0.250 e. The minimum atomic E-state index is 0. The molecule has 1 fully saturated rings. The van der Waals surface area contributed by atoms with Gasteiger partial charge in [-0.05, 0) is 17.9 Å². The van der Waals surface area contributed by atoms with Gasteiger partial charge >= 0.3 is 0 Å². The zero-order chi connectivity index (χ0) is 10.5. The second-order valence-corrected chi connectivity index (χ2v) is 5.22. The highest BCUT2D eigenvalue weighted by Gasteiger charge is 2.38. The minimum absolute atomic E-state index is 0. The Morgan fingerprint density at radius 1 is 1.50 bits per heavy atom. The summed E-state index contributed by atoms with van der Waals surface area (Å²) in [6.07, 6.45) is 1.21. The molecule has 2 aliphatic heterocycles. The van der Waals surface area contributed by atoms with Crippen LogP contribution in [-0.2, 0) is 6.54 Å². The third-order valence-electron chi connectivity index (χ3n) is 3.72. The van der Waals surface area contributed by atoms with Crippen LogP contribution in [0.3, 0.4) is 0 Å². The Kier molecular flexibility index (Phi) is 2.84. The molecule has 4 heteroatoms. The maximum absolute atomic E-state index is 11.8. The second-order valence-electron chi connectivity index (χ2n) is 5.22. The zero-order valence-corrected chi connectivity index (χ0v) is 10.2. The molecule has 1 aromatic rings. The first-order chi connectivity index (χ1) is 7.18. The highest BCUT2D eigenvalue weighted by atomic mass is 35.5. The fraction of sp³-hybridized carbons (Fsp3) is 0.583. The van der Waals surface area contributed by atoms with E-state index in [1.54, 1.807) is 6.07 Å². The minimum Gasteiger partial charge on any atom is -0.315 e. The van der Waals surface area contributed by atoms with Gasteiger partial charge in [0.15, 0.2) is 0 Å². The summed E-state index contributed by atoms with van der Waals surface area (Å²) in [5, 5.41) is 3.47. The van der Waals surface area contributed by atoms with Crippen LogP contribution in [0.1, 0.15) is 25.0 Å². The second kappa shape index (κ2) is 3.90. The van der Waals surface area contributed by atoms with Crippen LogP contribution < -0.4 is 10.9 Å². The van der Waals surface area contributed by atoms with E-state index in [0.717, 1.165) is 19.6 Å². The maximum atomic E-state index is 11.8. The molecule has 0 aliphatic carbocycles. The van der Waals surface area contributed by atoms with E-state index in [4.69, 9.17) is 0 Å². The Labute approximate surface area is 101 Å². The van der Waals surface area contributed by atoms with Gasteiger partial charge in [0.2, 0.25) is 0 Å². The van der Waals surface area contributed by atoms with Crippen molar-refractivity contribution in [3.8, 4) is 0 Å². The number of hydrogen-bond donors (Lipinski definition) is 1. The monoisotopic (exact) mass is 240 g/mol. The number of pyridine rings is 1. The van der Waals surface area contributed by atoms with Gasteiger partial charge in [-0.25, -0.2) is 0 Å². The lowest BCUT2D eigenvalue weighted by Crippen LogP contribution is -2.50. The molecule has 3 heterocycles. The van der Waals surface area contributed by atoms with Crippen molar-refractivity contribution >= 4 is 12.4 Å². The molecule has 0 aromatic carbocycles. The normalized spacial score (nSPS) is 31.4. The van der Waals surface area contributed by atoms with Gasteiger partial charge in [-0.2, -0.15) is 0 Å². The number of hydrogen-bond acceptors (Lipinski definition) is 2. The topological polar surface area (TPSA) is 34.0 Å². The molecule has 1 aromatic heterocycles. The van der Waals surface area contributed by atoms with Crippen molar-refractivity contribution in [2.24, 2.45) is 5.41 Å². The molecule has 88 valence electrons. The lowest BCUT2D eigenvalue weighted by atomic mass is 9.73. The predicted molar refractivity (Wildman–Crippen MR) is 66.3 cm³/mol. The van der Waals surface area contributed by atoms with E-state index < -0.39 is 0 Å². The van der Waals surface area contributed by atoms with Gasteiger partial charge in [0.25, 0.3) is 5.56 Å². The molecule has 3 rings (SSSR count). The summed E-state index contributed by atoms with van der Waals surface area (Å²) in [7, 11) is 0. The lowest BCUT2D eigenvalue weighted by molar-refractivity contribution is 0.146. The molecule has 2 aliphatic rings. The SMILES string of the molecule is C[C@@]12CNC[C@@H](C1)c1cccc(=O)n1C2.Cl. The van der Waals surface area contributed by atoms with Crippen molar-refractivity contribution in [1.29, 1.82) is 0 Å². The van der Waals surface area contributed by atoms with Crippen LogP contribution in [0.2, 0.25) is 0 Å². The third kappa shape index (κ3) is 1.68. The summed E-state index contributed by atoms with van der Waals surface area (Å²) >= 11 is 0. The summed E-state index contributed by atoms with van der Waals surface area (Å²) < 4.78 is 1.97. The smallest absolute Gasteiger partial charge is 0.250 e. The quantitative estimate of drug-likeness (QED) is 0.743. The van der Waals surface area contributed by atoms with Crippen LogP contribution in [0, 0.1) is 5.41 Å². The van der Waals surface area contributed by atoms with Gasteiger partial charge in [-0.3, -0.25) is 4.79 Å². The number of nitrogens with zero attached hydrogens (tertiary/aromatic N) is 1. The first-order valence-corrected chi connectivity index (χ1v) is 5.58. The molecular formula is C12H17ClN2O. The Balaban J connectivity index is 0.000000963. The van der Waals surface area contributed by atoms with E-state index in [1.165, 1.54) is 12.1 Å². The third-order valence-corrected chi connectivity index (χ3v) is 3.72. The molecule has 0 amide bonds. The molecule has 0 radical (unpaired) electrons. The van der Waals surface area contributed by atoms with Crippen LogP contribution in [0.5, 0.6) is 0 Å². The highest BCUT2D eigenvalue weighted by molar-refractivity contribution is 5.85. The van der Waals surface area contributed by atoms with Gasteiger partial charge in [0.05, 0.1) is 0 Å². The summed E-state index contributed by atoms with van der Waals surface area (Å²) in [4.78, 5) is 11.8. The summed E-state index contributed by atoms with van der Waals surface area (Å²) in [6.45, 7) is 5.18. The van der Waals surface area contributed by atoms with Gasteiger partial charge in [-0.15, -0.1) is 12.4 Å². The summed E-state index contributed by atoms with van der Waals surface area (Å²) in [5.41, 5.74) is 1.64. The predicted octanol–water partition coefficient (Wildman–Crippen LogP) is 1.37. The number of rotatable bonds is 0. The van der Waals surface area contributed by atoms with Crippen LogP contribution in [0.25, 0.3) is 0 Å². The van der Waals surface area contributed by atoms with Crippen LogP contribution >= 0.6 is 12.4 Å². The van der Waals surface area contributed by atoms with E-state index in [1.807, 2.05) is 10.6 Å². The Bertz CT molecular complexity index is 457. The molecule has 2 bridgehead atoms. The van der Waals surface area contributed by atoms with Crippen molar-refractivity contribution in [2.75, 3.05) is 13.1 Å². The van der Waals surface area contributed by atoms with Crippen LogP contribution in [0.4, 0.5) is 0 Å². The number of piperidine rings is 1. The average molecular weight is 241 g/mol. The molecule has 0 saturated carbocycles. The van der Waals surface area contributed by atoms with Gasteiger partial charge in [0, 0.05) is 37.3 Å². The highest BCUT2D eigenvalue weighted by Crippen LogP contribution is 2.39. The van der Waals surface area contributed by atoms with Crippen molar-refractivity contribution in [2.45, 2.75) is 25.8 Å². The number of fused-ring (bicyclic) bond motifs is 4.